The van der Waals surface area contributed by atoms with E-state index >= 15 is 0 Å². The van der Waals surface area contributed by atoms with Crippen LogP contribution in [0.3, 0.4) is 0 Å². The summed E-state index contributed by atoms with van der Waals surface area (Å²) in [6.45, 7) is 0. The number of aliphatic hydroxyl groups excluding tert-OH is 1. The van der Waals surface area contributed by atoms with Gasteiger partial charge in [0.25, 0.3) is 5.91 Å². The summed E-state index contributed by atoms with van der Waals surface area (Å²) < 4.78 is 95.4. The van der Waals surface area contributed by atoms with Crippen molar-refractivity contribution in [3.8, 4) is 0 Å². The number of amides is 1. The van der Waals surface area contributed by atoms with E-state index in [0.717, 1.165) is 0 Å². The first-order valence-electron chi connectivity index (χ1n) is 8.99. The Morgan fingerprint density at radius 1 is 0.938 bits per heavy atom. The van der Waals surface area contributed by atoms with E-state index < -0.39 is 52.9 Å². The van der Waals surface area contributed by atoms with Gasteiger partial charge in [0.1, 0.15) is 0 Å². The first-order chi connectivity index (χ1) is 14.7. The highest BCUT2D eigenvalue weighted by molar-refractivity contribution is 6.03. The predicted octanol–water partition coefficient (Wildman–Crippen LogP) is 3.88. The average molecular weight is 464 g/mol. The van der Waals surface area contributed by atoms with Crippen molar-refractivity contribution in [3.63, 3.8) is 0 Å². The molecule has 2 N–H and O–H groups in total. The molecule has 0 saturated heterocycles. The Balaban J connectivity index is 2.12. The van der Waals surface area contributed by atoms with Gasteiger partial charge in [-0.25, -0.2) is 0 Å². The summed E-state index contributed by atoms with van der Waals surface area (Å²) >= 11 is 0. The second-order valence-electron chi connectivity index (χ2n) is 7.02. The molecule has 2 atom stereocenters. The number of aliphatic hydroxyl groups is 2. The summed E-state index contributed by atoms with van der Waals surface area (Å²) in [5, 5.41) is 23.6. The van der Waals surface area contributed by atoms with Crippen LogP contribution in [-0.2, 0) is 4.79 Å². The number of nitrogens with zero attached hydrogens (tertiary/aromatic N) is 2. The summed E-state index contributed by atoms with van der Waals surface area (Å²) in [6.07, 6.45) is -10.6. The number of halogens is 7. The largest absolute Gasteiger partial charge is 0.460 e. The maximum Gasteiger partial charge on any atom is 0.460 e. The van der Waals surface area contributed by atoms with Gasteiger partial charge >= 0.3 is 18.0 Å². The third-order valence-corrected chi connectivity index (χ3v) is 4.90. The molecular formula is C20H15F7N2O3. The van der Waals surface area contributed by atoms with Crippen LogP contribution < -0.4 is 0 Å². The molecule has 0 aliphatic carbocycles. The Bertz CT molecular complexity index is 1010. The Labute approximate surface area is 176 Å². The van der Waals surface area contributed by atoms with Crippen LogP contribution in [0.5, 0.6) is 0 Å². The number of carbonyl (C=O) groups excluding carboxylic acids is 1. The third kappa shape index (κ3) is 3.62. The fourth-order valence-corrected chi connectivity index (χ4v) is 3.14. The van der Waals surface area contributed by atoms with Gasteiger partial charge in [0.2, 0.25) is 5.72 Å². The van der Waals surface area contributed by atoms with Crippen molar-refractivity contribution < 1.29 is 45.7 Å². The minimum atomic E-state index is -6.76. The van der Waals surface area contributed by atoms with E-state index in [1.165, 1.54) is 60.7 Å². The fourth-order valence-electron chi connectivity index (χ4n) is 3.14. The van der Waals surface area contributed by atoms with Crippen LogP contribution in [0.1, 0.15) is 23.7 Å². The number of hydrogen-bond donors (Lipinski definition) is 2. The second kappa shape index (κ2) is 7.85. The van der Waals surface area contributed by atoms with Gasteiger partial charge in [-0.1, -0.05) is 60.7 Å². The van der Waals surface area contributed by atoms with Crippen molar-refractivity contribution in [3.05, 3.63) is 71.8 Å². The van der Waals surface area contributed by atoms with Gasteiger partial charge in [-0.15, -0.1) is 0 Å². The number of carbonyl (C=O) groups is 1. The van der Waals surface area contributed by atoms with Crippen LogP contribution in [0, 0.1) is 0 Å². The Morgan fingerprint density at radius 3 is 1.94 bits per heavy atom. The standard InChI is InChI=1S/C20H15F7N2O3/c21-18(22,19(23,24)20(25,26)27)17(32)11-14(12-7-3-1-4-8-12)28-29(17)16(31)15(30)13-9-5-2-6-10-13/h1-10,15,30,32H,11H2/t15-,17+/m0/s1. The molecule has 1 heterocycles. The predicted molar refractivity (Wildman–Crippen MR) is 96.7 cm³/mol. The zero-order valence-corrected chi connectivity index (χ0v) is 15.9. The van der Waals surface area contributed by atoms with Gasteiger partial charge in [-0.05, 0) is 11.1 Å². The van der Waals surface area contributed by atoms with Gasteiger partial charge in [-0.3, -0.25) is 4.79 Å². The minimum absolute atomic E-state index is 0.0125. The first-order valence-corrected chi connectivity index (χ1v) is 8.99. The molecular weight excluding hydrogens is 449 g/mol. The number of hydrogen-bond acceptors (Lipinski definition) is 4. The number of benzene rings is 2. The molecule has 12 heteroatoms. The van der Waals surface area contributed by atoms with Crippen molar-refractivity contribution in [2.75, 3.05) is 0 Å². The molecule has 0 aromatic heterocycles. The molecule has 1 aliphatic heterocycles. The van der Waals surface area contributed by atoms with E-state index in [1.54, 1.807) is 0 Å². The van der Waals surface area contributed by atoms with Crippen molar-refractivity contribution in [2.45, 2.75) is 36.3 Å². The summed E-state index contributed by atoms with van der Waals surface area (Å²) in [5.41, 5.74) is -5.18. The van der Waals surface area contributed by atoms with E-state index in [1.807, 2.05) is 0 Å². The molecule has 1 amide bonds. The quantitative estimate of drug-likeness (QED) is 0.660. The summed E-state index contributed by atoms with van der Waals surface area (Å²) in [6, 6.07) is 13.4. The molecule has 0 radical (unpaired) electrons. The lowest BCUT2D eigenvalue weighted by Gasteiger charge is -2.41. The number of rotatable bonds is 5. The van der Waals surface area contributed by atoms with Crippen LogP contribution in [-0.4, -0.2) is 50.6 Å². The lowest BCUT2D eigenvalue weighted by molar-refractivity contribution is -0.401. The van der Waals surface area contributed by atoms with Crippen molar-refractivity contribution in [1.29, 1.82) is 0 Å². The molecule has 1 aliphatic rings. The molecule has 0 unspecified atom stereocenters. The smallest absolute Gasteiger partial charge is 0.378 e. The highest BCUT2D eigenvalue weighted by Gasteiger charge is 2.82. The highest BCUT2D eigenvalue weighted by Crippen LogP contribution is 2.54. The van der Waals surface area contributed by atoms with E-state index in [4.69, 9.17) is 0 Å². The van der Waals surface area contributed by atoms with Gasteiger partial charge in [0.15, 0.2) is 6.10 Å². The maximum atomic E-state index is 14.7. The lowest BCUT2D eigenvalue weighted by atomic mass is 9.91. The molecule has 0 spiro atoms. The Hall–Kier alpha value is -2.99. The molecule has 172 valence electrons. The third-order valence-electron chi connectivity index (χ3n) is 4.90. The van der Waals surface area contributed by atoms with E-state index in [0.29, 0.717) is 0 Å². The zero-order chi connectivity index (χ0) is 23.9. The zero-order valence-electron chi connectivity index (χ0n) is 15.9. The van der Waals surface area contributed by atoms with Gasteiger partial charge in [0, 0.05) is 6.42 Å². The highest BCUT2D eigenvalue weighted by atomic mass is 19.4. The summed E-state index contributed by atoms with van der Waals surface area (Å²) in [7, 11) is 0. The van der Waals surface area contributed by atoms with Crippen LogP contribution in [0.2, 0.25) is 0 Å². The molecule has 2 aromatic rings. The van der Waals surface area contributed by atoms with E-state index in [-0.39, 0.29) is 11.1 Å². The van der Waals surface area contributed by atoms with Crippen molar-refractivity contribution in [1.82, 2.24) is 5.01 Å². The Kier molecular flexibility index (Phi) is 5.81. The molecule has 0 saturated carbocycles. The van der Waals surface area contributed by atoms with Crippen LogP contribution in [0.25, 0.3) is 0 Å². The molecule has 2 aromatic carbocycles. The van der Waals surface area contributed by atoms with Gasteiger partial charge in [-0.2, -0.15) is 40.8 Å². The van der Waals surface area contributed by atoms with E-state index in [9.17, 15) is 45.7 Å². The fraction of sp³-hybridized carbons (Fsp3) is 0.300. The molecule has 5 nitrogen and oxygen atoms in total. The van der Waals surface area contributed by atoms with Gasteiger partial charge in [0.05, 0.1) is 5.71 Å². The van der Waals surface area contributed by atoms with Crippen molar-refractivity contribution >= 4 is 11.6 Å². The maximum absolute atomic E-state index is 14.7. The summed E-state index contributed by atoms with van der Waals surface area (Å²) in [5.74, 6) is -14.8. The number of alkyl halides is 7. The van der Waals surface area contributed by atoms with Gasteiger partial charge < -0.3 is 10.2 Å². The van der Waals surface area contributed by atoms with Crippen LogP contribution in [0.4, 0.5) is 30.7 Å². The molecule has 3 rings (SSSR count). The molecule has 32 heavy (non-hydrogen) atoms. The van der Waals surface area contributed by atoms with Crippen LogP contribution >= 0.6 is 0 Å². The second-order valence-corrected chi connectivity index (χ2v) is 7.02. The molecule has 0 bridgehead atoms. The number of hydrazone groups is 1. The lowest BCUT2D eigenvalue weighted by Crippen LogP contribution is -2.69. The Morgan fingerprint density at radius 2 is 1.44 bits per heavy atom. The van der Waals surface area contributed by atoms with Crippen molar-refractivity contribution in [2.24, 2.45) is 5.10 Å². The molecule has 0 fully saturated rings. The minimum Gasteiger partial charge on any atom is -0.378 e. The van der Waals surface area contributed by atoms with E-state index in [2.05, 4.69) is 5.10 Å². The SMILES string of the molecule is O=C([C@@H](O)c1ccccc1)N1N=C(c2ccccc2)C[C@@]1(O)C(F)(F)C(F)(F)C(F)(F)F. The normalized spacial score (nSPS) is 20.8. The monoisotopic (exact) mass is 464 g/mol. The average Bonchev–Trinajstić information content (AvgIpc) is 3.12. The topological polar surface area (TPSA) is 73.1 Å². The summed E-state index contributed by atoms with van der Waals surface area (Å²) in [4.78, 5) is 12.7. The van der Waals surface area contributed by atoms with Crippen LogP contribution in [0.15, 0.2) is 65.8 Å². The first kappa shape index (κ1) is 23.7.